The molecule has 2 aromatic rings. The zero-order chi connectivity index (χ0) is 24.6. The number of benzene rings is 1. The van der Waals surface area contributed by atoms with E-state index in [1.165, 1.54) is 6.92 Å². The van der Waals surface area contributed by atoms with Crippen LogP contribution >= 0.6 is 11.6 Å². The first-order chi connectivity index (χ1) is 15.3. The summed E-state index contributed by atoms with van der Waals surface area (Å²) in [5.41, 5.74) is -3.50. The minimum absolute atomic E-state index is 0.166. The van der Waals surface area contributed by atoms with Gasteiger partial charge < -0.3 is 14.6 Å². The lowest BCUT2D eigenvalue weighted by atomic mass is 9.77. The Morgan fingerprint density at radius 2 is 1.94 bits per heavy atom. The van der Waals surface area contributed by atoms with Gasteiger partial charge in [0.1, 0.15) is 10.8 Å². The number of ether oxygens (including phenoxy) is 2. The number of hydrogen-bond donors (Lipinski definition) is 1. The molecule has 33 heavy (non-hydrogen) atoms. The highest BCUT2D eigenvalue weighted by Crippen LogP contribution is 2.43. The fraction of sp³-hybridized carbons (Fsp3) is 0.500. The van der Waals surface area contributed by atoms with Crippen LogP contribution < -0.4 is 9.47 Å². The van der Waals surface area contributed by atoms with Crippen LogP contribution in [0.3, 0.4) is 0 Å². The van der Waals surface area contributed by atoms with Gasteiger partial charge in [0.25, 0.3) is 5.88 Å². The third-order valence-corrected chi connectivity index (χ3v) is 6.04. The fourth-order valence-corrected chi connectivity index (χ4v) is 4.24. The second-order valence-corrected chi connectivity index (χ2v) is 8.30. The van der Waals surface area contributed by atoms with Gasteiger partial charge in [-0.1, -0.05) is 30.9 Å². The molecule has 9 nitrogen and oxygen atoms in total. The molecule has 3 rings (SSSR count). The first-order valence-electron chi connectivity index (χ1n) is 10.0. The second kappa shape index (κ2) is 9.08. The summed E-state index contributed by atoms with van der Waals surface area (Å²) in [6, 6.07) is 3.18. The molecule has 180 valence electrons. The molecule has 1 aliphatic rings. The molecule has 0 spiro atoms. The highest BCUT2D eigenvalue weighted by atomic mass is 35.5. The van der Waals surface area contributed by atoms with Crippen LogP contribution in [0.2, 0.25) is 5.02 Å². The van der Waals surface area contributed by atoms with E-state index in [-0.39, 0.29) is 11.7 Å². The lowest BCUT2D eigenvalue weighted by Gasteiger charge is -2.36. The van der Waals surface area contributed by atoms with Crippen molar-refractivity contribution in [3.8, 4) is 17.4 Å². The van der Waals surface area contributed by atoms with Gasteiger partial charge in [-0.3, -0.25) is 14.8 Å². The molecule has 1 aromatic carbocycles. The maximum absolute atomic E-state index is 13.2. The Hall–Kier alpha value is -3.02. The van der Waals surface area contributed by atoms with Crippen molar-refractivity contribution in [2.75, 3.05) is 0 Å². The summed E-state index contributed by atoms with van der Waals surface area (Å²) < 4.78 is 51.0. The molecule has 1 unspecified atom stereocenters. The SMILES string of the molecule is Cn1nc(Oc2ccc([N+](=O)[O-])c(OC(C)(C(=O)O)C3CCCCC3)c2)c(Cl)c1C(F)(F)F. The van der Waals surface area contributed by atoms with Crippen molar-refractivity contribution in [1.29, 1.82) is 0 Å². The number of halogens is 4. The number of rotatable bonds is 7. The molecule has 1 fully saturated rings. The maximum Gasteiger partial charge on any atom is 0.434 e. The molecule has 0 radical (unpaired) electrons. The summed E-state index contributed by atoms with van der Waals surface area (Å²) in [5, 5.41) is 24.2. The number of aliphatic carboxylic acids is 1. The summed E-state index contributed by atoms with van der Waals surface area (Å²) in [7, 11) is 1.04. The minimum atomic E-state index is -4.78. The van der Waals surface area contributed by atoms with Crippen LogP contribution in [0.15, 0.2) is 18.2 Å². The molecular weight excluding hydrogens is 471 g/mol. The average Bonchev–Trinajstić information content (AvgIpc) is 3.01. The Balaban J connectivity index is 1.98. The van der Waals surface area contributed by atoms with Gasteiger partial charge in [0.2, 0.25) is 11.4 Å². The molecule has 0 amide bonds. The van der Waals surface area contributed by atoms with Crippen molar-refractivity contribution in [3.05, 3.63) is 39.0 Å². The highest BCUT2D eigenvalue weighted by molar-refractivity contribution is 6.32. The van der Waals surface area contributed by atoms with E-state index in [2.05, 4.69) is 5.10 Å². The molecule has 1 aromatic heterocycles. The van der Waals surface area contributed by atoms with Gasteiger partial charge in [0.05, 0.1) is 4.92 Å². The van der Waals surface area contributed by atoms with E-state index >= 15 is 0 Å². The van der Waals surface area contributed by atoms with Crippen molar-refractivity contribution in [1.82, 2.24) is 9.78 Å². The number of carboxylic acid groups (broad SMARTS) is 1. The Morgan fingerprint density at radius 3 is 2.45 bits per heavy atom. The summed E-state index contributed by atoms with van der Waals surface area (Å²) in [6.07, 6.45) is -1.05. The molecule has 1 heterocycles. The quantitative estimate of drug-likeness (QED) is 0.396. The van der Waals surface area contributed by atoms with Gasteiger partial charge in [-0.15, -0.1) is 5.10 Å². The number of hydrogen-bond acceptors (Lipinski definition) is 6. The molecule has 1 saturated carbocycles. The lowest BCUT2D eigenvalue weighted by Crippen LogP contribution is -2.49. The first-order valence-corrected chi connectivity index (χ1v) is 10.4. The smallest absolute Gasteiger partial charge is 0.434 e. The molecular formula is C20H21ClF3N3O6. The van der Waals surface area contributed by atoms with Gasteiger partial charge in [-0.05, 0) is 25.8 Å². The van der Waals surface area contributed by atoms with Gasteiger partial charge >= 0.3 is 17.8 Å². The van der Waals surface area contributed by atoms with Crippen LogP contribution in [0, 0.1) is 16.0 Å². The van der Waals surface area contributed by atoms with Crippen molar-refractivity contribution < 1.29 is 37.5 Å². The van der Waals surface area contributed by atoms with E-state index in [4.69, 9.17) is 21.1 Å². The van der Waals surface area contributed by atoms with Gasteiger partial charge in [-0.2, -0.15) is 13.2 Å². The third kappa shape index (κ3) is 5.00. The van der Waals surface area contributed by atoms with E-state index in [1.54, 1.807) is 0 Å². The summed E-state index contributed by atoms with van der Waals surface area (Å²) in [4.78, 5) is 22.9. The fourth-order valence-electron chi connectivity index (χ4n) is 3.93. The first kappa shape index (κ1) is 24.6. The Bertz CT molecular complexity index is 1070. The van der Waals surface area contributed by atoms with Crippen LogP contribution in [0.25, 0.3) is 0 Å². The number of carbonyl (C=O) groups is 1. The minimum Gasteiger partial charge on any atom is -0.478 e. The van der Waals surface area contributed by atoms with Crippen molar-refractivity contribution in [2.24, 2.45) is 13.0 Å². The largest absolute Gasteiger partial charge is 0.478 e. The predicted molar refractivity (Wildman–Crippen MR) is 110 cm³/mol. The van der Waals surface area contributed by atoms with Crippen LogP contribution in [0.1, 0.15) is 44.7 Å². The van der Waals surface area contributed by atoms with E-state index in [9.17, 15) is 33.2 Å². The molecule has 1 atom stereocenters. The predicted octanol–water partition coefficient (Wildman–Crippen LogP) is 5.60. The Morgan fingerprint density at radius 1 is 1.30 bits per heavy atom. The Kier molecular flexibility index (Phi) is 6.78. The van der Waals surface area contributed by atoms with Crippen molar-refractivity contribution >= 4 is 23.3 Å². The van der Waals surface area contributed by atoms with E-state index < -0.39 is 50.7 Å². The lowest BCUT2D eigenvalue weighted by molar-refractivity contribution is -0.386. The van der Waals surface area contributed by atoms with E-state index in [1.807, 2.05) is 0 Å². The number of nitro groups is 1. The number of nitrogens with zero attached hydrogens (tertiary/aromatic N) is 3. The van der Waals surface area contributed by atoms with E-state index in [0.717, 1.165) is 44.5 Å². The monoisotopic (exact) mass is 491 g/mol. The molecule has 0 saturated heterocycles. The average molecular weight is 492 g/mol. The van der Waals surface area contributed by atoms with Crippen LogP contribution in [0.4, 0.5) is 18.9 Å². The number of aromatic nitrogens is 2. The Labute approximate surface area is 191 Å². The number of nitro benzene ring substituents is 1. The summed E-state index contributed by atoms with van der Waals surface area (Å²) in [6.45, 7) is 1.35. The molecule has 0 bridgehead atoms. The summed E-state index contributed by atoms with van der Waals surface area (Å²) >= 11 is 5.79. The second-order valence-electron chi connectivity index (χ2n) is 7.93. The molecule has 1 N–H and O–H groups in total. The number of carboxylic acids is 1. The van der Waals surface area contributed by atoms with Crippen LogP contribution in [-0.2, 0) is 18.0 Å². The zero-order valence-electron chi connectivity index (χ0n) is 17.7. The van der Waals surface area contributed by atoms with Gasteiger partial charge in [0, 0.05) is 25.1 Å². The normalized spacial score (nSPS) is 16.8. The molecule has 13 heteroatoms. The standard InChI is InChI=1S/C20H21ClF3N3O6/c1-19(18(28)29,11-6-4-3-5-7-11)33-14-10-12(8-9-13(14)27(30)31)32-17-15(21)16(20(22,23)24)26(2)25-17/h8-11H,3-7H2,1-2H3,(H,28,29). The number of alkyl halides is 3. The van der Waals surface area contributed by atoms with E-state index in [0.29, 0.717) is 17.5 Å². The number of aryl methyl sites for hydroxylation is 1. The van der Waals surface area contributed by atoms with Crippen molar-refractivity contribution in [2.45, 2.75) is 50.8 Å². The third-order valence-electron chi connectivity index (χ3n) is 5.70. The zero-order valence-corrected chi connectivity index (χ0v) is 18.4. The van der Waals surface area contributed by atoms with Gasteiger partial charge in [0.15, 0.2) is 5.69 Å². The maximum atomic E-state index is 13.2. The van der Waals surface area contributed by atoms with Gasteiger partial charge in [-0.25, -0.2) is 4.79 Å². The highest BCUT2D eigenvalue weighted by Gasteiger charge is 2.45. The molecule has 0 aliphatic heterocycles. The summed E-state index contributed by atoms with van der Waals surface area (Å²) in [5.74, 6) is -2.79. The van der Waals surface area contributed by atoms with Crippen LogP contribution in [-0.4, -0.2) is 31.4 Å². The topological polar surface area (TPSA) is 117 Å². The van der Waals surface area contributed by atoms with Crippen molar-refractivity contribution in [3.63, 3.8) is 0 Å². The molecule has 1 aliphatic carbocycles. The van der Waals surface area contributed by atoms with Crippen LogP contribution in [0.5, 0.6) is 17.4 Å².